The molecule has 1 fully saturated rings. The average Bonchev–Trinajstić information content (AvgIpc) is 2.53. The Morgan fingerprint density at radius 3 is 2.79 bits per heavy atom. The van der Waals surface area contributed by atoms with Crippen molar-refractivity contribution in [2.45, 2.75) is 37.2 Å². The fraction of sp³-hybridized carbons (Fsp3) is 0.562. The first-order valence-electron chi connectivity index (χ1n) is 7.91. The molecule has 1 amide bonds. The summed E-state index contributed by atoms with van der Waals surface area (Å²) in [6.45, 7) is 2.30. The zero-order valence-corrected chi connectivity index (χ0v) is 14.7. The monoisotopic (exact) mass is 358 g/mol. The molecular weight excluding hydrogens is 335 g/mol. The highest BCUT2D eigenvalue weighted by atomic mass is 32.2. The van der Waals surface area contributed by atoms with E-state index in [1.165, 1.54) is 17.9 Å². The fourth-order valence-electron chi connectivity index (χ4n) is 2.64. The highest BCUT2D eigenvalue weighted by Crippen LogP contribution is 2.16. The van der Waals surface area contributed by atoms with Gasteiger partial charge in [0.2, 0.25) is 15.9 Å². The second-order valence-electron chi connectivity index (χ2n) is 6.00. The lowest BCUT2D eigenvalue weighted by Gasteiger charge is -2.27. The van der Waals surface area contributed by atoms with E-state index in [2.05, 4.69) is 4.72 Å². The van der Waals surface area contributed by atoms with Crippen LogP contribution in [-0.4, -0.2) is 52.1 Å². The molecule has 6 nitrogen and oxygen atoms in total. The van der Waals surface area contributed by atoms with E-state index in [1.807, 2.05) is 0 Å². The Hall–Kier alpha value is -1.51. The minimum Gasteiger partial charge on any atom is -0.376 e. The van der Waals surface area contributed by atoms with Crippen LogP contribution in [0, 0.1) is 12.7 Å². The van der Waals surface area contributed by atoms with Crippen LogP contribution in [0.25, 0.3) is 0 Å². The molecule has 1 aromatic carbocycles. The number of carbonyl (C=O) groups is 1. The molecule has 134 valence electrons. The first-order valence-corrected chi connectivity index (χ1v) is 9.39. The van der Waals surface area contributed by atoms with Gasteiger partial charge in [-0.25, -0.2) is 17.5 Å². The van der Waals surface area contributed by atoms with Gasteiger partial charge in [0.25, 0.3) is 0 Å². The van der Waals surface area contributed by atoms with E-state index in [1.54, 1.807) is 7.05 Å². The Bertz CT molecular complexity index is 687. The number of hydrogen-bond acceptors (Lipinski definition) is 4. The SMILES string of the molecule is Cc1cc(F)ccc1S(=O)(=O)NCC(=O)N(C)C[C@H]1CCCCO1. The Morgan fingerprint density at radius 1 is 1.42 bits per heavy atom. The lowest BCUT2D eigenvalue weighted by Crippen LogP contribution is -2.42. The van der Waals surface area contributed by atoms with Gasteiger partial charge in [-0.3, -0.25) is 4.79 Å². The molecule has 1 aliphatic heterocycles. The number of carbonyl (C=O) groups excluding carboxylic acids is 1. The maximum Gasteiger partial charge on any atom is 0.241 e. The van der Waals surface area contributed by atoms with Crippen molar-refractivity contribution in [3.05, 3.63) is 29.6 Å². The number of halogens is 1. The first kappa shape index (κ1) is 18.8. The summed E-state index contributed by atoms with van der Waals surface area (Å²) >= 11 is 0. The summed E-state index contributed by atoms with van der Waals surface area (Å²) in [6.07, 6.45) is 3.01. The predicted octanol–water partition coefficient (Wildman–Crippen LogP) is 1.44. The fourth-order valence-corrected chi connectivity index (χ4v) is 3.84. The number of likely N-dealkylation sites (N-methyl/N-ethyl adjacent to an activating group) is 1. The lowest BCUT2D eigenvalue weighted by atomic mass is 10.1. The van der Waals surface area contributed by atoms with Gasteiger partial charge in [-0.15, -0.1) is 0 Å². The molecule has 1 heterocycles. The Balaban J connectivity index is 1.91. The molecule has 0 bridgehead atoms. The molecule has 0 radical (unpaired) electrons. The van der Waals surface area contributed by atoms with Crippen molar-refractivity contribution < 1.29 is 22.3 Å². The van der Waals surface area contributed by atoms with Crippen LogP contribution < -0.4 is 4.72 Å². The van der Waals surface area contributed by atoms with Gasteiger partial charge in [0.15, 0.2) is 0 Å². The zero-order valence-electron chi connectivity index (χ0n) is 13.9. The number of benzene rings is 1. The van der Waals surface area contributed by atoms with Gasteiger partial charge in [-0.1, -0.05) is 0 Å². The van der Waals surface area contributed by atoms with Gasteiger partial charge in [0.1, 0.15) is 5.82 Å². The van der Waals surface area contributed by atoms with Gasteiger partial charge >= 0.3 is 0 Å². The Labute approximate surface area is 142 Å². The first-order chi connectivity index (χ1) is 11.3. The normalized spacial score (nSPS) is 18.4. The summed E-state index contributed by atoms with van der Waals surface area (Å²) < 4.78 is 45.4. The van der Waals surface area contributed by atoms with Crippen molar-refractivity contribution in [2.24, 2.45) is 0 Å². The summed E-state index contributed by atoms with van der Waals surface area (Å²) in [5, 5.41) is 0. The quantitative estimate of drug-likeness (QED) is 0.835. The molecule has 1 N–H and O–H groups in total. The van der Waals surface area contributed by atoms with Crippen LogP contribution in [0.5, 0.6) is 0 Å². The maximum atomic E-state index is 13.1. The molecule has 0 saturated carbocycles. The number of aryl methyl sites for hydroxylation is 1. The van der Waals surface area contributed by atoms with Gasteiger partial charge in [0, 0.05) is 20.2 Å². The maximum absolute atomic E-state index is 13.1. The molecule has 0 spiro atoms. The second kappa shape index (κ2) is 8.04. The van der Waals surface area contributed by atoms with Gasteiger partial charge in [-0.2, -0.15) is 0 Å². The van der Waals surface area contributed by atoms with Crippen LogP contribution in [0.1, 0.15) is 24.8 Å². The zero-order chi connectivity index (χ0) is 17.7. The third-order valence-corrected chi connectivity index (χ3v) is 5.58. The molecule has 0 unspecified atom stereocenters. The molecule has 8 heteroatoms. The summed E-state index contributed by atoms with van der Waals surface area (Å²) in [4.78, 5) is 13.6. The van der Waals surface area contributed by atoms with Gasteiger partial charge in [0.05, 0.1) is 17.5 Å². The minimum absolute atomic E-state index is 0.00338. The molecule has 2 rings (SSSR count). The van der Waals surface area contributed by atoms with Crippen LogP contribution in [0.3, 0.4) is 0 Å². The van der Waals surface area contributed by atoms with E-state index in [4.69, 9.17) is 4.74 Å². The van der Waals surface area contributed by atoms with Crippen molar-refractivity contribution in [1.29, 1.82) is 0 Å². The minimum atomic E-state index is -3.86. The smallest absolute Gasteiger partial charge is 0.241 e. The second-order valence-corrected chi connectivity index (χ2v) is 7.73. The van der Waals surface area contributed by atoms with E-state index in [-0.39, 0.29) is 23.5 Å². The molecule has 1 aliphatic rings. The molecule has 0 aromatic heterocycles. The van der Waals surface area contributed by atoms with E-state index in [0.717, 1.165) is 31.4 Å². The third kappa shape index (κ3) is 4.99. The molecule has 24 heavy (non-hydrogen) atoms. The number of nitrogens with zero attached hydrogens (tertiary/aromatic N) is 1. The Morgan fingerprint density at radius 2 is 2.17 bits per heavy atom. The van der Waals surface area contributed by atoms with Crippen molar-refractivity contribution in [3.63, 3.8) is 0 Å². The van der Waals surface area contributed by atoms with E-state index >= 15 is 0 Å². The topological polar surface area (TPSA) is 75.7 Å². The molecule has 1 saturated heterocycles. The van der Waals surface area contributed by atoms with Gasteiger partial charge < -0.3 is 9.64 Å². The molecule has 0 aliphatic carbocycles. The standard InChI is InChI=1S/C16H23FN2O4S/c1-12-9-13(17)6-7-15(12)24(21,22)18-10-16(20)19(2)11-14-5-3-4-8-23-14/h6-7,9,14,18H,3-5,8,10-11H2,1-2H3/t14-/m1/s1. The highest BCUT2D eigenvalue weighted by molar-refractivity contribution is 7.89. The number of hydrogen-bond donors (Lipinski definition) is 1. The lowest BCUT2D eigenvalue weighted by molar-refractivity contribution is -0.131. The summed E-state index contributed by atoms with van der Waals surface area (Å²) in [5.41, 5.74) is 0.291. The van der Waals surface area contributed by atoms with Crippen LogP contribution in [0.2, 0.25) is 0 Å². The highest BCUT2D eigenvalue weighted by Gasteiger charge is 2.22. The number of nitrogens with one attached hydrogen (secondary N) is 1. The third-order valence-electron chi connectivity index (χ3n) is 4.02. The number of ether oxygens (including phenoxy) is 1. The van der Waals surface area contributed by atoms with E-state index < -0.39 is 15.8 Å². The van der Waals surface area contributed by atoms with Crippen molar-refractivity contribution >= 4 is 15.9 Å². The largest absolute Gasteiger partial charge is 0.376 e. The van der Waals surface area contributed by atoms with E-state index in [0.29, 0.717) is 18.7 Å². The number of amides is 1. The molecule has 1 aromatic rings. The van der Waals surface area contributed by atoms with Crippen LogP contribution >= 0.6 is 0 Å². The van der Waals surface area contributed by atoms with Crippen LogP contribution in [-0.2, 0) is 19.6 Å². The Kier molecular flexibility index (Phi) is 6.31. The molecule has 1 atom stereocenters. The summed E-state index contributed by atoms with van der Waals surface area (Å²) in [7, 11) is -2.24. The molecular formula is C16H23FN2O4S. The summed E-state index contributed by atoms with van der Waals surface area (Å²) in [5.74, 6) is -0.845. The van der Waals surface area contributed by atoms with Gasteiger partial charge in [-0.05, 0) is 49.9 Å². The van der Waals surface area contributed by atoms with Crippen LogP contribution in [0.4, 0.5) is 4.39 Å². The van der Waals surface area contributed by atoms with Crippen molar-refractivity contribution in [3.8, 4) is 0 Å². The van der Waals surface area contributed by atoms with Crippen LogP contribution in [0.15, 0.2) is 23.1 Å². The average molecular weight is 358 g/mol. The van der Waals surface area contributed by atoms with Crippen molar-refractivity contribution in [1.82, 2.24) is 9.62 Å². The van der Waals surface area contributed by atoms with E-state index in [9.17, 15) is 17.6 Å². The summed E-state index contributed by atoms with van der Waals surface area (Å²) in [6, 6.07) is 3.41. The van der Waals surface area contributed by atoms with Crippen molar-refractivity contribution in [2.75, 3.05) is 26.7 Å². The number of sulfonamides is 1. The number of rotatable bonds is 6. The predicted molar refractivity (Wildman–Crippen MR) is 87.6 cm³/mol.